The molecule has 2 aromatic carbocycles. The fourth-order valence-electron chi connectivity index (χ4n) is 3.13. The number of hydrogen-bond acceptors (Lipinski definition) is 3. The number of benzene rings is 2. The van der Waals surface area contributed by atoms with Crippen LogP contribution >= 0.6 is 0 Å². The minimum absolute atomic E-state index is 0.0389. The van der Waals surface area contributed by atoms with Crippen LogP contribution in [0.25, 0.3) is 0 Å². The summed E-state index contributed by atoms with van der Waals surface area (Å²) >= 11 is 0. The molecule has 6 heteroatoms. The molecule has 2 amide bonds. The Bertz CT molecular complexity index is 784. The Kier molecular flexibility index (Phi) is 6.19. The number of likely N-dealkylation sites (tertiary alicyclic amines) is 1. The molecule has 2 aromatic rings. The zero-order valence-electron chi connectivity index (χ0n) is 15.0. The second-order valence-corrected chi connectivity index (χ2v) is 6.72. The van der Waals surface area contributed by atoms with Gasteiger partial charge in [0.1, 0.15) is 5.82 Å². The van der Waals surface area contributed by atoms with E-state index in [2.05, 4.69) is 5.32 Å². The number of hydrogen-bond donors (Lipinski definition) is 2. The van der Waals surface area contributed by atoms with Crippen molar-refractivity contribution in [2.75, 3.05) is 13.1 Å². The van der Waals surface area contributed by atoms with Gasteiger partial charge in [0.05, 0.1) is 0 Å². The summed E-state index contributed by atoms with van der Waals surface area (Å²) in [5.74, 6) is -0.947. The maximum Gasteiger partial charge on any atom is 0.253 e. The molecule has 1 aliphatic rings. The number of piperidine rings is 1. The highest BCUT2D eigenvalue weighted by atomic mass is 19.1. The van der Waals surface area contributed by atoms with E-state index in [1.54, 1.807) is 24.3 Å². The van der Waals surface area contributed by atoms with Crippen LogP contribution in [0.5, 0.6) is 0 Å². The van der Waals surface area contributed by atoms with Crippen molar-refractivity contribution in [3.63, 3.8) is 0 Å². The van der Waals surface area contributed by atoms with E-state index in [9.17, 15) is 19.1 Å². The van der Waals surface area contributed by atoms with Crippen molar-refractivity contribution in [3.05, 3.63) is 71.0 Å². The van der Waals surface area contributed by atoms with Crippen molar-refractivity contribution in [1.82, 2.24) is 10.2 Å². The molecule has 0 spiro atoms. The summed E-state index contributed by atoms with van der Waals surface area (Å²) in [5.41, 5.74) is 1.79. The van der Waals surface area contributed by atoms with Crippen molar-refractivity contribution in [2.45, 2.75) is 31.9 Å². The van der Waals surface area contributed by atoms with Crippen LogP contribution in [0.3, 0.4) is 0 Å². The van der Waals surface area contributed by atoms with Gasteiger partial charge in [-0.3, -0.25) is 9.59 Å². The quantitative estimate of drug-likeness (QED) is 0.850. The minimum Gasteiger partial charge on any atom is -0.378 e. The summed E-state index contributed by atoms with van der Waals surface area (Å²) in [7, 11) is 0. The lowest BCUT2D eigenvalue weighted by atomic mass is 10.1. The van der Waals surface area contributed by atoms with E-state index < -0.39 is 17.8 Å². The van der Waals surface area contributed by atoms with E-state index in [-0.39, 0.29) is 12.5 Å². The second-order valence-electron chi connectivity index (χ2n) is 6.72. The predicted molar refractivity (Wildman–Crippen MR) is 99.4 cm³/mol. The zero-order chi connectivity index (χ0) is 19.2. The van der Waals surface area contributed by atoms with Crippen molar-refractivity contribution < 1.29 is 19.1 Å². The van der Waals surface area contributed by atoms with Gasteiger partial charge in [0.2, 0.25) is 0 Å². The molecule has 1 atom stereocenters. The van der Waals surface area contributed by atoms with Crippen LogP contribution in [0.1, 0.15) is 46.9 Å². The SMILES string of the molecule is O=C(NCc1ccc(C(=O)N2CCCCC2)cc1)[C@@H](O)c1ccc(F)cc1. The molecule has 0 aliphatic carbocycles. The van der Waals surface area contributed by atoms with Crippen LogP contribution in [-0.2, 0) is 11.3 Å². The molecule has 0 saturated carbocycles. The highest BCUT2D eigenvalue weighted by Crippen LogP contribution is 2.15. The molecular weight excluding hydrogens is 347 g/mol. The molecule has 0 radical (unpaired) electrons. The van der Waals surface area contributed by atoms with Gasteiger partial charge < -0.3 is 15.3 Å². The van der Waals surface area contributed by atoms with Crippen LogP contribution in [0.15, 0.2) is 48.5 Å². The van der Waals surface area contributed by atoms with Crippen LogP contribution in [0, 0.1) is 5.82 Å². The predicted octanol–water partition coefficient (Wildman–Crippen LogP) is 2.80. The zero-order valence-corrected chi connectivity index (χ0v) is 15.0. The molecule has 0 bridgehead atoms. The molecule has 5 nitrogen and oxygen atoms in total. The Hall–Kier alpha value is -2.73. The molecule has 0 aromatic heterocycles. The molecule has 1 saturated heterocycles. The van der Waals surface area contributed by atoms with Gasteiger partial charge in [-0.05, 0) is 54.7 Å². The van der Waals surface area contributed by atoms with E-state index in [1.165, 1.54) is 30.7 Å². The number of halogens is 1. The van der Waals surface area contributed by atoms with Gasteiger partial charge in [-0.15, -0.1) is 0 Å². The third-order valence-electron chi connectivity index (χ3n) is 4.74. The van der Waals surface area contributed by atoms with Gasteiger partial charge in [-0.1, -0.05) is 24.3 Å². The molecular formula is C21H23FN2O3. The number of aliphatic hydroxyl groups is 1. The second kappa shape index (κ2) is 8.77. The first-order valence-corrected chi connectivity index (χ1v) is 9.14. The number of aliphatic hydroxyl groups excluding tert-OH is 1. The lowest BCUT2D eigenvalue weighted by molar-refractivity contribution is -0.129. The van der Waals surface area contributed by atoms with Crippen LogP contribution in [0.4, 0.5) is 4.39 Å². The van der Waals surface area contributed by atoms with Crippen molar-refractivity contribution in [3.8, 4) is 0 Å². The van der Waals surface area contributed by atoms with Crippen molar-refractivity contribution in [2.24, 2.45) is 0 Å². The fraction of sp³-hybridized carbons (Fsp3) is 0.333. The third kappa shape index (κ3) is 4.92. The number of nitrogens with one attached hydrogen (secondary N) is 1. The maximum absolute atomic E-state index is 12.9. The Morgan fingerprint density at radius 3 is 2.26 bits per heavy atom. The third-order valence-corrected chi connectivity index (χ3v) is 4.74. The molecule has 2 N–H and O–H groups in total. The van der Waals surface area contributed by atoms with E-state index >= 15 is 0 Å². The number of amides is 2. The van der Waals surface area contributed by atoms with Gasteiger partial charge in [-0.2, -0.15) is 0 Å². The molecule has 1 fully saturated rings. The Morgan fingerprint density at radius 2 is 1.63 bits per heavy atom. The van der Waals surface area contributed by atoms with Crippen LogP contribution < -0.4 is 5.32 Å². The highest BCUT2D eigenvalue weighted by Gasteiger charge is 2.19. The van der Waals surface area contributed by atoms with Crippen molar-refractivity contribution >= 4 is 11.8 Å². The van der Waals surface area contributed by atoms with Gasteiger partial charge in [-0.25, -0.2) is 4.39 Å². The summed E-state index contributed by atoms with van der Waals surface area (Å²) in [6.07, 6.45) is 1.91. The molecule has 27 heavy (non-hydrogen) atoms. The lowest BCUT2D eigenvalue weighted by Gasteiger charge is -2.26. The standard InChI is InChI=1S/C21H23FN2O3/c22-18-10-8-16(9-11-18)19(25)20(26)23-14-15-4-6-17(7-5-15)21(27)24-12-2-1-3-13-24/h4-11,19,25H,1-3,12-14H2,(H,23,26)/t19-/m0/s1. The Labute approximate surface area is 157 Å². The van der Waals surface area contributed by atoms with Crippen LogP contribution in [0.2, 0.25) is 0 Å². The van der Waals surface area contributed by atoms with Gasteiger partial charge in [0.15, 0.2) is 6.10 Å². The number of carbonyl (C=O) groups excluding carboxylic acids is 2. The van der Waals surface area contributed by atoms with Crippen LogP contribution in [-0.4, -0.2) is 34.9 Å². The van der Waals surface area contributed by atoms with E-state index in [0.29, 0.717) is 11.1 Å². The van der Waals surface area contributed by atoms with Gasteiger partial charge in [0.25, 0.3) is 11.8 Å². The summed E-state index contributed by atoms with van der Waals surface area (Å²) < 4.78 is 12.9. The van der Waals surface area contributed by atoms with E-state index in [1.807, 2.05) is 4.90 Å². The first kappa shape index (κ1) is 19.0. The maximum atomic E-state index is 12.9. The molecule has 3 rings (SSSR count). The first-order chi connectivity index (χ1) is 13.0. The summed E-state index contributed by atoms with van der Waals surface area (Å²) in [5, 5.41) is 12.7. The average Bonchev–Trinajstić information content (AvgIpc) is 2.72. The minimum atomic E-state index is -1.36. The Morgan fingerprint density at radius 1 is 1.00 bits per heavy atom. The fourth-order valence-corrected chi connectivity index (χ4v) is 3.13. The average molecular weight is 370 g/mol. The number of rotatable bonds is 5. The molecule has 1 aliphatic heterocycles. The number of carbonyl (C=O) groups is 2. The topological polar surface area (TPSA) is 69.6 Å². The summed E-state index contributed by atoms with van der Waals surface area (Å²) in [6, 6.07) is 12.3. The van der Waals surface area contributed by atoms with E-state index in [0.717, 1.165) is 31.5 Å². The van der Waals surface area contributed by atoms with E-state index in [4.69, 9.17) is 0 Å². The molecule has 142 valence electrons. The summed E-state index contributed by atoms with van der Waals surface area (Å²) in [4.78, 5) is 26.4. The smallest absolute Gasteiger partial charge is 0.253 e. The summed E-state index contributed by atoms with van der Waals surface area (Å²) in [6.45, 7) is 1.84. The van der Waals surface area contributed by atoms with Crippen molar-refractivity contribution in [1.29, 1.82) is 0 Å². The first-order valence-electron chi connectivity index (χ1n) is 9.14. The molecule has 0 unspecified atom stereocenters. The normalized spacial score (nSPS) is 15.3. The van der Waals surface area contributed by atoms with Gasteiger partial charge in [0, 0.05) is 25.2 Å². The largest absolute Gasteiger partial charge is 0.378 e. The number of nitrogens with zero attached hydrogens (tertiary/aromatic N) is 1. The highest BCUT2D eigenvalue weighted by molar-refractivity contribution is 5.94. The monoisotopic (exact) mass is 370 g/mol. The Balaban J connectivity index is 1.54. The molecule has 1 heterocycles. The lowest BCUT2D eigenvalue weighted by Crippen LogP contribution is -2.35. The van der Waals surface area contributed by atoms with Gasteiger partial charge >= 0.3 is 0 Å².